The molecule has 22 heavy (non-hydrogen) atoms. The highest BCUT2D eigenvalue weighted by Gasteiger charge is 2.15. The fourth-order valence-corrected chi connectivity index (χ4v) is 2.97. The monoisotopic (exact) mass is 339 g/mol. The maximum Gasteiger partial charge on any atom is 0.142 e. The molecule has 5 nitrogen and oxygen atoms in total. The Hall–Kier alpha value is -1.37. The Morgan fingerprint density at radius 3 is 3.05 bits per heavy atom. The lowest BCUT2D eigenvalue weighted by molar-refractivity contribution is -0.0109. The zero-order valence-corrected chi connectivity index (χ0v) is 13.7. The Morgan fingerprint density at radius 1 is 1.36 bits per heavy atom. The molecule has 0 radical (unpaired) electrons. The molecule has 0 unspecified atom stereocenters. The Bertz CT molecular complexity index is 602. The molecule has 0 aliphatic carbocycles. The summed E-state index contributed by atoms with van der Waals surface area (Å²) in [6, 6.07) is 7.85. The fourth-order valence-electron chi connectivity index (χ4n) is 2.34. The Morgan fingerprint density at radius 2 is 2.27 bits per heavy atom. The number of nitrogens with one attached hydrogen (secondary N) is 1. The Labute approximate surface area is 138 Å². The number of hydrogen-bond acceptors (Lipinski definition) is 6. The first-order valence-electron chi connectivity index (χ1n) is 7.37. The largest absolute Gasteiger partial charge is 0.489 e. The summed E-state index contributed by atoms with van der Waals surface area (Å²) in [5.74, 6) is 0.816. The van der Waals surface area contributed by atoms with Gasteiger partial charge < -0.3 is 14.8 Å². The lowest BCUT2D eigenvalue weighted by Gasteiger charge is -2.23. The summed E-state index contributed by atoms with van der Waals surface area (Å²) in [5.41, 5.74) is 1.67. The SMILES string of the molecule is Clc1snnc1CNc1ccccc1OC[C@H]1CCCCO1. The minimum Gasteiger partial charge on any atom is -0.489 e. The summed E-state index contributed by atoms with van der Waals surface area (Å²) in [6.07, 6.45) is 3.62. The third kappa shape index (κ3) is 4.09. The molecule has 1 aliphatic rings. The molecule has 0 spiro atoms. The standard InChI is InChI=1S/C15H18ClN3O2S/c16-15-13(18-19-22-15)9-17-12-6-1-2-7-14(12)21-10-11-5-3-4-8-20-11/h1-2,6-7,11,17H,3-5,8-10H2/t11-/m1/s1. The van der Waals surface area contributed by atoms with Crippen LogP contribution in [-0.4, -0.2) is 28.9 Å². The van der Waals surface area contributed by atoms with Crippen LogP contribution in [0.1, 0.15) is 25.0 Å². The topological polar surface area (TPSA) is 56.3 Å². The first-order chi connectivity index (χ1) is 10.8. The van der Waals surface area contributed by atoms with Gasteiger partial charge in [-0.1, -0.05) is 28.2 Å². The van der Waals surface area contributed by atoms with E-state index in [1.165, 1.54) is 18.0 Å². The number of nitrogens with zero attached hydrogens (tertiary/aromatic N) is 2. The van der Waals surface area contributed by atoms with Crippen LogP contribution in [0.5, 0.6) is 5.75 Å². The lowest BCUT2D eigenvalue weighted by atomic mass is 10.1. The molecule has 0 amide bonds. The van der Waals surface area contributed by atoms with E-state index in [9.17, 15) is 0 Å². The average molecular weight is 340 g/mol. The Kier molecular flexibility index (Phi) is 5.48. The van der Waals surface area contributed by atoms with Crippen molar-refractivity contribution in [1.29, 1.82) is 0 Å². The molecule has 3 rings (SSSR count). The van der Waals surface area contributed by atoms with E-state index in [-0.39, 0.29) is 6.10 Å². The van der Waals surface area contributed by atoms with Gasteiger partial charge in [-0.25, -0.2) is 0 Å². The van der Waals surface area contributed by atoms with Crippen LogP contribution in [0.25, 0.3) is 0 Å². The number of aromatic nitrogens is 2. The molecular formula is C15H18ClN3O2S. The minimum atomic E-state index is 0.194. The van der Waals surface area contributed by atoms with E-state index in [0.717, 1.165) is 36.6 Å². The van der Waals surface area contributed by atoms with E-state index in [4.69, 9.17) is 21.1 Å². The summed E-state index contributed by atoms with van der Waals surface area (Å²) in [7, 11) is 0. The molecular weight excluding hydrogens is 322 g/mol. The second kappa shape index (κ2) is 7.76. The first-order valence-corrected chi connectivity index (χ1v) is 8.52. The van der Waals surface area contributed by atoms with Crippen molar-refractivity contribution in [2.45, 2.75) is 31.9 Å². The van der Waals surface area contributed by atoms with Gasteiger partial charge in [0.1, 0.15) is 22.4 Å². The molecule has 1 aromatic carbocycles. The van der Waals surface area contributed by atoms with Crippen molar-refractivity contribution in [3.8, 4) is 5.75 Å². The number of halogens is 1. The highest BCUT2D eigenvalue weighted by molar-refractivity contribution is 7.10. The van der Waals surface area contributed by atoms with Crippen LogP contribution in [0, 0.1) is 0 Å². The maximum atomic E-state index is 6.01. The highest BCUT2D eigenvalue weighted by Crippen LogP contribution is 2.26. The zero-order chi connectivity index (χ0) is 15.2. The van der Waals surface area contributed by atoms with Crippen LogP contribution < -0.4 is 10.1 Å². The average Bonchev–Trinajstić information content (AvgIpc) is 2.98. The molecule has 1 aromatic heterocycles. The number of para-hydroxylation sites is 2. The van der Waals surface area contributed by atoms with Gasteiger partial charge in [0.05, 0.1) is 18.3 Å². The second-order valence-corrected chi connectivity index (χ2v) is 6.50. The van der Waals surface area contributed by atoms with Gasteiger partial charge in [0.25, 0.3) is 0 Å². The van der Waals surface area contributed by atoms with Crippen molar-refractivity contribution >= 4 is 28.8 Å². The minimum absolute atomic E-state index is 0.194. The van der Waals surface area contributed by atoms with Crippen LogP contribution in [0.2, 0.25) is 4.34 Å². The molecule has 7 heteroatoms. The number of benzene rings is 1. The van der Waals surface area contributed by atoms with E-state index in [2.05, 4.69) is 14.9 Å². The van der Waals surface area contributed by atoms with Crippen molar-refractivity contribution in [2.24, 2.45) is 0 Å². The van der Waals surface area contributed by atoms with E-state index < -0.39 is 0 Å². The van der Waals surface area contributed by atoms with Gasteiger partial charge in [0.2, 0.25) is 0 Å². The van der Waals surface area contributed by atoms with E-state index in [1.807, 2.05) is 24.3 Å². The first kappa shape index (κ1) is 15.5. The molecule has 118 valence electrons. The van der Waals surface area contributed by atoms with E-state index in [1.54, 1.807) is 0 Å². The predicted octanol–water partition coefficient (Wildman–Crippen LogP) is 3.75. The molecule has 0 saturated carbocycles. The molecule has 0 bridgehead atoms. The molecule has 1 atom stereocenters. The van der Waals surface area contributed by atoms with Gasteiger partial charge in [-0.3, -0.25) is 0 Å². The van der Waals surface area contributed by atoms with Gasteiger partial charge in [-0.15, -0.1) is 5.10 Å². The maximum absolute atomic E-state index is 6.01. The predicted molar refractivity (Wildman–Crippen MR) is 87.8 cm³/mol. The third-order valence-electron chi connectivity index (χ3n) is 3.54. The summed E-state index contributed by atoms with van der Waals surface area (Å²) in [6.45, 7) is 1.94. The summed E-state index contributed by atoms with van der Waals surface area (Å²) < 4.78 is 16.1. The Balaban J connectivity index is 1.58. The smallest absolute Gasteiger partial charge is 0.142 e. The van der Waals surface area contributed by atoms with Crippen LogP contribution in [0.4, 0.5) is 5.69 Å². The van der Waals surface area contributed by atoms with Crippen LogP contribution in [-0.2, 0) is 11.3 Å². The quantitative estimate of drug-likeness (QED) is 0.868. The van der Waals surface area contributed by atoms with Crippen molar-refractivity contribution in [3.63, 3.8) is 0 Å². The van der Waals surface area contributed by atoms with Crippen molar-refractivity contribution in [3.05, 3.63) is 34.3 Å². The molecule has 1 aliphatic heterocycles. The summed E-state index contributed by atoms with van der Waals surface area (Å²) in [4.78, 5) is 0. The van der Waals surface area contributed by atoms with E-state index in [0.29, 0.717) is 17.5 Å². The van der Waals surface area contributed by atoms with E-state index >= 15 is 0 Å². The van der Waals surface area contributed by atoms with Crippen LogP contribution in [0.3, 0.4) is 0 Å². The summed E-state index contributed by atoms with van der Waals surface area (Å²) in [5, 5.41) is 7.29. The van der Waals surface area contributed by atoms with Crippen LogP contribution >= 0.6 is 23.1 Å². The van der Waals surface area contributed by atoms with Crippen LogP contribution in [0.15, 0.2) is 24.3 Å². The van der Waals surface area contributed by atoms with Gasteiger partial charge in [0, 0.05) is 18.1 Å². The van der Waals surface area contributed by atoms with Gasteiger partial charge in [-0.2, -0.15) is 0 Å². The van der Waals surface area contributed by atoms with Gasteiger partial charge in [-0.05, 0) is 31.4 Å². The van der Waals surface area contributed by atoms with Gasteiger partial charge >= 0.3 is 0 Å². The fraction of sp³-hybridized carbons (Fsp3) is 0.467. The number of ether oxygens (including phenoxy) is 2. The third-order valence-corrected chi connectivity index (χ3v) is 4.53. The molecule has 1 fully saturated rings. The molecule has 1 N–H and O–H groups in total. The molecule has 1 saturated heterocycles. The van der Waals surface area contributed by atoms with Crippen molar-refractivity contribution in [2.75, 3.05) is 18.5 Å². The molecule has 2 aromatic rings. The zero-order valence-electron chi connectivity index (χ0n) is 12.1. The highest BCUT2D eigenvalue weighted by atomic mass is 35.5. The number of rotatable bonds is 6. The normalized spacial score (nSPS) is 18.1. The number of anilines is 1. The van der Waals surface area contributed by atoms with Crippen molar-refractivity contribution < 1.29 is 9.47 Å². The number of hydrogen-bond donors (Lipinski definition) is 1. The second-order valence-electron chi connectivity index (χ2n) is 5.14. The lowest BCUT2D eigenvalue weighted by Crippen LogP contribution is -2.26. The van der Waals surface area contributed by atoms with Crippen molar-refractivity contribution in [1.82, 2.24) is 9.59 Å². The molecule has 2 heterocycles. The van der Waals surface area contributed by atoms with Gasteiger partial charge in [0.15, 0.2) is 0 Å². The summed E-state index contributed by atoms with van der Waals surface area (Å²) >= 11 is 7.20.